The monoisotopic (exact) mass is 1470 g/mol. The molecule has 0 aromatic heterocycles. The second kappa shape index (κ2) is 32.9. The Kier molecular flexibility index (Phi) is 32.8. The highest BCUT2D eigenvalue weighted by Crippen LogP contribution is 2.22. The zero-order valence-electron chi connectivity index (χ0n) is 39.9. The maximum Gasteiger partial charge on any atom is 0.533 e. The fraction of sp³-hybridized carbons (Fsp3) is 0.737. The van der Waals surface area contributed by atoms with E-state index in [0.717, 1.165) is 19.3 Å². The van der Waals surface area contributed by atoms with Crippen molar-refractivity contribution in [2.45, 2.75) is 84.0 Å². The lowest BCUT2D eigenvalue weighted by atomic mass is 10.2. The van der Waals surface area contributed by atoms with Crippen molar-refractivity contribution in [2.24, 2.45) is 0 Å². The molecule has 0 N–H and O–H groups in total. The third-order valence-electron chi connectivity index (χ3n) is 9.16. The lowest BCUT2D eigenvalue weighted by molar-refractivity contribution is -0.138. The van der Waals surface area contributed by atoms with Gasteiger partial charge < -0.3 is 120 Å². The zero-order chi connectivity index (χ0) is 58.3. The van der Waals surface area contributed by atoms with Crippen molar-refractivity contribution in [3.05, 3.63) is 24.8 Å². The van der Waals surface area contributed by atoms with E-state index >= 15 is 0 Å². The number of carbonyl (C=O) groups excluding carboxylic acids is 1. The van der Waals surface area contributed by atoms with Crippen molar-refractivity contribution in [1.82, 2.24) is 0 Å². The van der Waals surface area contributed by atoms with Crippen LogP contribution in [-0.4, -0.2) is 223 Å². The molecule has 0 atom stereocenters. The smallest absolute Gasteiger partial charge is 0.533 e. The Labute approximate surface area is 452 Å². The molecule has 392 valence electrons. The molecule has 0 heterocycles. The fourth-order valence-electron chi connectivity index (χ4n) is 5.33. The summed E-state index contributed by atoms with van der Waals surface area (Å²) in [5, 5.41) is 0. The molecular formula is C19H40O28Si27. The van der Waals surface area contributed by atoms with E-state index in [2.05, 4.69) is 13.2 Å². The molecule has 0 aliphatic rings. The standard InChI is InChI=1S/C19H40O28Si27/c1-10-11-12-13-16-72(4,5)47-74(8,9)46-48(21)49(22)50(23)51(24)52(25)53(26)54(27)55(28)56(29)57(30)58(31)59(32)60(33)61(34)62(35)63(36)64(37)65(38)66(39)67(40)68(41)69(42)70(43)71(44)73(6,7)17-14-15-45-19(20)18(2)3/h10H,1-2,11-17H2,3-9H3. The van der Waals surface area contributed by atoms with Crippen LogP contribution < -0.4 is 0 Å². The van der Waals surface area contributed by atoms with Gasteiger partial charge >= 0.3 is 200 Å². The molecular weight excluding hydrogens is 1430 g/mol. The molecule has 0 aromatic rings. The van der Waals surface area contributed by atoms with Crippen LogP contribution in [0.25, 0.3) is 0 Å². The summed E-state index contributed by atoms with van der Waals surface area (Å²) >= 11 is 0. The summed E-state index contributed by atoms with van der Waals surface area (Å²) in [5.41, 5.74) is 0.0940. The summed E-state index contributed by atoms with van der Waals surface area (Å²) in [5.74, 6) is -0.716. The molecule has 0 bridgehead atoms. The van der Waals surface area contributed by atoms with E-state index in [9.17, 15) is 112 Å². The van der Waals surface area contributed by atoms with Gasteiger partial charge in [0, 0.05) is 5.57 Å². The normalized spacial score (nSPS) is 10.9. The molecule has 0 aliphatic carbocycles. The number of hydrogen-bond acceptors (Lipinski definition) is 28. The van der Waals surface area contributed by atoms with Gasteiger partial charge in [-0.05, 0) is 52.0 Å². The average Bonchev–Trinajstić information content (AvgIpc) is 3.34. The van der Waals surface area contributed by atoms with Gasteiger partial charge in [0.15, 0.2) is 8.32 Å². The van der Waals surface area contributed by atoms with Crippen molar-refractivity contribution < 1.29 is 125 Å². The van der Waals surface area contributed by atoms with Gasteiger partial charge in [0.25, 0.3) is 0 Å². The predicted molar refractivity (Wildman–Crippen MR) is 273 cm³/mol. The Morgan fingerprint density at radius 1 is 0.419 bits per heavy atom. The maximum atomic E-state index is 13.1. The van der Waals surface area contributed by atoms with E-state index in [4.69, 9.17) is 13.0 Å². The minimum absolute atomic E-state index is 0.0940. The third-order valence-corrected chi connectivity index (χ3v) is 211. The van der Waals surface area contributed by atoms with E-state index in [1.54, 1.807) is 6.08 Å². The summed E-state index contributed by atoms with van der Waals surface area (Å²) < 4.78 is 325. The fourth-order valence-corrected chi connectivity index (χ4v) is 301. The molecule has 55 heteroatoms. The van der Waals surface area contributed by atoms with Crippen molar-refractivity contribution in [2.75, 3.05) is 6.61 Å². The molecule has 0 fully saturated rings. The van der Waals surface area contributed by atoms with E-state index in [1.165, 1.54) is 33.1 Å². The summed E-state index contributed by atoms with van der Waals surface area (Å²) in [6, 6.07) is 0.747. The molecule has 0 amide bonds. The highest BCUT2D eigenvalue weighted by atomic mass is 30.1. The largest absolute Gasteiger partial charge is 0.558 e. The number of rotatable bonds is 38. The van der Waals surface area contributed by atoms with Crippen LogP contribution in [0.2, 0.25) is 51.4 Å². The second-order valence-corrected chi connectivity index (χ2v) is 148. The Bertz CT molecular complexity index is 2820. The van der Waals surface area contributed by atoms with E-state index in [0.29, 0.717) is 6.04 Å². The number of carbonyl (C=O) groups is 1. The molecule has 28 nitrogen and oxygen atoms in total. The minimum Gasteiger partial charge on any atom is -0.558 e. The van der Waals surface area contributed by atoms with Crippen LogP contribution in [0.1, 0.15) is 32.6 Å². The van der Waals surface area contributed by atoms with Gasteiger partial charge in [0.2, 0.25) is 0 Å². The number of allylic oxidation sites excluding steroid dienone is 1. The Morgan fingerprint density at radius 3 is 0.986 bits per heavy atom. The van der Waals surface area contributed by atoms with Crippen LogP contribution in [0.3, 0.4) is 0 Å². The first-order chi connectivity index (χ1) is 33.7. The highest BCUT2D eigenvalue weighted by molar-refractivity contribution is 7.84. The number of ether oxygens (including phenoxy) is 1. The van der Waals surface area contributed by atoms with E-state index in [-0.39, 0.29) is 24.6 Å². The summed E-state index contributed by atoms with van der Waals surface area (Å²) in [4.78, 5) is 11.5. The molecule has 0 aliphatic heterocycles. The Balaban J connectivity index is 5.77. The molecule has 0 saturated heterocycles. The van der Waals surface area contributed by atoms with Crippen LogP contribution in [0.5, 0.6) is 0 Å². The first-order valence-corrected chi connectivity index (χ1v) is 87.4. The molecule has 0 saturated carbocycles. The van der Waals surface area contributed by atoms with Crippen LogP contribution in [0.15, 0.2) is 24.8 Å². The number of unbranched alkanes of at least 4 members (excludes halogenated alkanes) is 2. The first-order valence-electron chi connectivity index (χ1n) is 20.5. The minimum atomic E-state index is -4.63. The maximum absolute atomic E-state index is 13.1. The molecule has 0 unspecified atom stereocenters. The quantitative estimate of drug-likeness (QED) is 0.0183. The molecule has 0 rings (SSSR count). The van der Waals surface area contributed by atoms with Gasteiger partial charge in [-0.3, -0.25) is 0 Å². The van der Waals surface area contributed by atoms with Crippen LogP contribution in [0, 0.1) is 0 Å². The van der Waals surface area contributed by atoms with E-state index < -0.39 is 216 Å². The second-order valence-electron chi connectivity index (χ2n) is 16.7. The van der Waals surface area contributed by atoms with Crippen LogP contribution >= 0.6 is 0 Å². The summed E-state index contributed by atoms with van der Waals surface area (Å²) in [6.45, 7) is 17.8. The lowest BCUT2D eigenvalue weighted by Crippen LogP contribution is -2.58. The first kappa shape index (κ1) is 73.8. The molecule has 74 heavy (non-hydrogen) atoms. The van der Waals surface area contributed by atoms with Gasteiger partial charge in [0.05, 0.1) is 6.61 Å². The van der Waals surface area contributed by atoms with Crippen molar-refractivity contribution in [3.8, 4) is 0 Å². The number of esters is 1. The predicted octanol–water partition coefficient (Wildman–Crippen LogP) is -5.99. The SMILES string of the molecule is C=CCCCC[Si](C)(C)O[Si](C)(C)O[Si](=O)[Si](=O)[Si](=O)[Si](=O)[Si](=O)[Si](=O)[Si](=O)[Si](=O)[Si](=O)[Si](=O)[Si](=O)[Si](=O)[Si](=O)[Si](=O)[Si](=O)[Si](=O)[Si](=O)[Si](=O)[Si](=O)[Si](=O)[Si](=O)[Si](=O)[Si](=O)[Si](=O)[Si](C)(C)CCCOC(=O)C(=C)C. The van der Waals surface area contributed by atoms with Crippen LogP contribution in [-0.2, 0) is 125 Å². The van der Waals surface area contributed by atoms with Gasteiger partial charge in [-0.2, -0.15) is 0 Å². The van der Waals surface area contributed by atoms with Gasteiger partial charge in [-0.1, -0.05) is 44.6 Å². The molecule has 0 radical (unpaired) electrons. The molecule has 0 aromatic carbocycles. The lowest BCUT2D eigenvalue weighted by Gasteiger charge is -2.33. The van der Waals surface area contributed by atoms with Crippen molar-refractivity contribution in [1.29, 1.82) is 0 Å². The van der Waals surface area contributed by atoms with E-state index in [1.807, 2.05) is 13.1 Å². The number of hydrogen-bond donors (Lipinski definition) is 0. The van der Waals surface area contributed by atoms with Gasteiger partial charge in [-0.25, -0.2) is 4.79 Å². The Morgan fingerprint density at radius 2 is 0.703 bits per heavy atom. The highest BCUT2D eigenvalue weighted by Gasteiger charge is 2.58. The van der Waals surface area contributed by atoms with Gasteiger partial charge in [-0.15, -0.1) is 6.58 Å². The topological polar surface area (TPSA) is 454 Å². The van der Waals surface area contributed by atoms with Gasteiger partial charge in [0.1, 0.15) is 7.59 Å². The summed E-state index contributed by atoms with van der Waals surface area (Å²) in [6.07, 6.45) is 4.20. The summed E-state index contributed by atoms with van der Waals surface area (Å²) in [7, 11) is -113. The average molecular weight is 1470 g/mol. The third kappa shape index (κ3) is 22.0. The van der Waals surface area contributed by atoms with Crippen molar-refractivity contribution in [3.63, 3.8) is 0 Å². The Hall–Kier alpha value is -0.234. The van der Waals surface area contributed by atoms with Crippen molar-refractivity contribution >= 4 is 216 Å². The molecule has 0 spiro atoms. The zero-order valence-corrected chi connectivity index (χ0v) is 66.9. The van der Waals surface area contributed by atoms with Crippen LogP contribution in [0.4, 0.5) is 0 Å².